The Kier molecular flexibility index (Phi) is 98.0. The Balaban J connectivity index is -0.000000171. The van der Waals surface area contributed by atoms with Crippen LogP contribution in [0.2, 0.25) is 0 Å². The smallest absolute Gasteiger partial charge is 0.0162 e. The molecule has 0 aromatic rings. The van der Waals surface area contributed by atoms with Crippen molar-refractivity contribution in [2.45, 2.75) is 314 Å². The molecule has 0 atom stereocenters. The fraction of sp³-hybridized carbons (Fsp3) is 0.909. The first kappa shape index (κ1) is 99.9. The molecule has 0 aromatic carbocycles. The van der Waals surface area contributed by atoms with E-state index in [2.05, 4.69) is 112 Å². The van der Waals surface area contributed by atoms with Crippen molar-refractivity contribution in [3.8, 4) is 0 Å². The van der Waals surface area contributed by atoms with Crippen LogP contribution in [0.5, 0.6) is 0 Å². The molecule has 0 aliphatic rings. The first-order valence-electron chi connectivity index (χ1n) is 34.1. The average molecular weight is 1490 g/mol. The molecule has 0 fully saturated rings. The summed E-state index contributed by atoms with van der Waals surface area (Å²) in [4.78, 5) is 13.1. The standard InChI is InChI=1S/6C11H23NS2.Mo/c6*1-3-5-7-9-12(11(13)14)10-8-6-4-2;/h6*3-10H2,1-2H3,(H,13,14);/p-6. The minimum absolute atomic E-state index is 0. The number of hydrogen-bond donors (Lipinski definition) is 0. The normalized spacial score (nSPS) is 10.0. The Labute approximate surface area is 612 Å². The first-order chi connectivity index (χ1) is 40.3. The molecule has 0 amide bonds. The fourth-order valence-electron chi connectivity index (χ4n) is 8.40. The van der Waals surface area contributed by atoms with Crippen molar-refractivity contribution in [3.63, 3.8) is 0 Å². The second-order valence-corrected chi connectivity index (χ2v) is 28.2. The van der Waals surface area contributed by atoms with Crippen LogP contribution >= 0.6 is 73.3 Å². The van der Waals surface area contributed by atoms with Gasteiger partial charge in [0.15, 0.2) is 0 Å². The van der Waals surface area contributed by atoms with E-state index in [-0.39, 0.29) is 21.1 Å². The van der Waals surface area contributed by atoms with Crippen LogP contribution in [0, 0.1) is 0 Å². The maximum absolute atomic E-state index is 5.06. The summed E-state index contributed by atoms with van der Waals surface area (Å²) in [6.07, 6.45) is 45.1. The zero-order chi connectivity index (χ0) is 64.9. The van der Waals surface area contributed by atoms with Gasteiger partial charge in [0, 0.05) is 99.6 Å². The van der Waals surface area contributed by atoms with E-state index in [0.717, 1.165) is 78.5 Å². The van der Waals surface area contributed by atoms with Crippen molar-refractivity contribution in [2.24, 2.45) is 0 Å². The van der Waals surface area contributed by atoms with Gasteiger partial charge < -0.3 is 178 Å². The molecule has 0 aliphatic carbocycles. The molecule has 19 heteroatoms. The molecule has 0 saturated heterocycles. The SMILES string of the molecule is CCCCCN(CCCCC)C(=S)[S-].CCCCCN(CCCCC)C(=S)[S-].CCCCCN(CCCCC)C(=S)[S-].CCCCCN(CCCCC)C(=S)[S-].CCCCCN(CCCCC)C(=S)[S-].CCCCCN(CCCCC)C(=S)[S-].[Mo]. The van der Waals surface area contributed by atoms with Crippen molar-refractivity contribution in [2.75, 3.05) is 78.5 Å². The van der Waals surface area contributed by atoms with Crippen LogP contribution in [0.4, 0.5) is 0 Å². The Morgan fingerprint density at radius 3 is 0.294 bits per heavy atom. The molecule has 0 N–H and O–H groups in total. The Morgan fingerprint density at radius 2 is 0.247 bits per heavy atom. The van der Waals surface area contributed by atoms with Gasteiger partial charge in [-0.1, -0.05) is 263 Å². The van der Waals surface area contributed by atoms with Gasteiger partial charge in [-0.2, -0.15) is 0 Å². The predicted molar refractivity (Wildman–Crippen MR) is 424 cm³/mol. The Morgan fingerprint density at radius 1 is 0.176 bits per heavy atom. The number of thiocarbonyl (C=S) groups is 6. The van der Waals surface area contributed by atoms with Crippen LogP contribution in [-0.2, 0) is 96.8 Å². The van der Waals surface area contributed by atoms with Gasteiger partial charge in [-0.25, -0.2) is 0 Å². The van der Waals surface area contributed by atoms with Gasteiger partial charge >= 0.3 is 0 Å². The van der Waals surface area contributed by atoms with E-state index in [1.54, 1.807) is 0 Å². The van der Waals surface area contributed by atoms with E-state index < -0.39 is 0 Å². The van der Waals surface area contributed by atoms with Crippen LogP contribution in [0.1, 0.15) is 314 Å². The third kappa shape index (κ3) is 81.4. The van der Waals surface area contributed by atoms with Crippen LogP contribution in [0.3, 0.4) is 0 Å². The predicted octanol–water partition coefficient (Wildman–Crippen LogP) is 21.0. The molecule has 0 aromatic heterocycles. The molecular weight excluding hydrogens is 1360 g/mol. The second-order valence-electron chi connectivity index (χ2n) is 22.0. The summed E-state index contributed by atoms with van der Waals surface area (Å²) in [5.41, 5.74) is 0. The molecule has 0 radical (unpaired) electrons. The van der Waals surface area contributed by atoms with Crippen molar-refractivity contribution < 1.29 is 21.1 Å². The van der Waals surface area contributed by atoms with Crippen molar-refractivity contribution >= 4 is 175 Å². The monoisotopic (exact) mass is 1490 g/mol. The fourth-order valence-corrected chi connectivity index (χ4v) is 10.6. The maximum Gasteiger partial charge on any atom is 0.0162 e. The summed E-state index contributed by atoms with van der Waals surface area (Å²) in [6.45, 7) is 39.3. The Bertz CT molecular complexity index is 1100. The van der Waals surface area contributed by atoms with E-state index in [0.29, 0.717) is 25.9 Å². The van der Waals surface area contributed by atoms with Crippen LogP contribution in [0.25, 0.3) is 0 Å². The van der Waals surface area contributed by atoms with Crippen LogP contribution in [-0.4, -0.2) is 134 Å². The summed E-state index contributed by atoms with van der Waals surface area (Å²) >= 11 is 60.7. The quantitative estimate of drug-likeness (QED) is 0.0249. The molecule has 0 rings (SSSR count). The molecule has 0 spiro atoms. The van der Waals surface area contributed by atoms with E-state index >= 15 is 0 Å². The molecule has 510 valence electrons. The number of unbranched alkanes of at least 4 members (excludes halogenated alkanes) is 24. The third-order valence-electron chi connectivity index (χ3n) is 13.9. The summed E-state index contributed by atoms with van der Waals surface area (Å²) in [5, 5.41) is 0. The summed E-state index contributed by atoms with van der Waals surface area (Å²) in [6, 6.07) is 0. The van der Waals surface area contributed by atoms with E-state index in [1.165, 1.54) is 231 Å². The van der Waals surface area contributed by atoms with Crippen molar-refractivity contribution in [1.82, 2.24) is 29.4 Å². The van der Waals surface area contributed by atoms with Gasteiger partial charge in [0.2, 0.25) is 0 Å². The molecule has 0 saturated carbocycles. The molecule has 0 aliphatic heterocycles. The number of hydrogen-bond acceptors (Lipinski definition) is 12. The summed E-state index contributed by atoms with van der Waals surface area (Å²) < 4.78 is 3.90. The molecule has 0 bridgehead atoms. The minimum atomic E-state index is 0. The molecule has 6 nitrogen and oxygen atoms in total. The third-order valence-corrected chi connectivity index (χ3v) is 17.0. The van der Waals surface area contributed by atoms with Gasteiger partial charge in [-0.05, 0) is 77.0 Å². The maximum atomic E-state index is 5.06. The van der Waals surface area contributed by atoms with Crippen molar-refractivity contribution in [3.05, 3.63) is 0 Å². The Hall–Kier alpha value is 1.35. The molecule has 0 heterocycles. The van der Waals surface area contributed by atoms with Gasteiger partial charge in [0.1, 0.15) is 0 Å². The topological polar surface area (TPSA) is 19.4 Å². The zero-order valence-electron chi connectivity index (χ0n) is 56.9. The van der Waals surface area contributed by atoms with Gasteiger partial charge in [-0.15, -0.1) is 0 Å². The minimum Gasteiger partial charge on any atom is -0.411 e. The first-order valence-corrected chi connectivity index (χ1v) is 39.0. The van der Waals surface area contributed by atoms with E-state index in [9.17, 15) is 0 Å². The van der Waals surface area contributed by atoms with Crippen LogP contribution < -0.4 is 0 Å². The van der Waals surface area contributed by atoms with Gasteiger partial charge in [-0.3, -0.25) is 0 Å². The van der Waals surface area contributed by atoms with Crippen LogP contribution in [0.15, 0.2) is 0 Å². The van der Waals surface area contributed by atoms with Gasteiger partial charge in [0.05, 0.1) is 0 Å². The number of nitrogens with zero attached hydrogens (tertiary/aromatic N) is 6. The second kappa shape index (κ2) is 83.4. The zero-order valence-corrected chi connectivity index (χ0v) is 68.7. The van der Waals surface area contributed by atoms with Crippen molar-refractivity contribution in [1.29, 1.82) is 0 Å². The van der Waals surface area contributed by atoms with Gasteiger partial charge in [0.25, 0.3) is 0 Å². The average Bonchev–Trinajstić information content (AvgIpc) is 3.45. The number of rotatable bonds is 48. The summed E-state index contributed by atoms with van der Waals surface area (Å²) in [7, 11) is 0. The molecular formula is C66H132MoN6S12-6. The largest absolute Gasteiger partial charge is 0.411 e. The summed E-state index contributed by atoms with van der Waals surface area (Å²) in [5.74, 6) is 0. The van der Waals surface area contributed by atoms with E-state index in [1.807, 2.05) is 0 Å². The van der Waals surface area contributed by atoms with E-state index in [4.69, 9.17) is 149 Å². The molecule has 85 heavy (non-hydrogen) atoms. The molecule has 0 unspecified atom stereocenters.